The minimum absolute atomic E-state index is 0.255. The Bertz CT molecular complexity index is 328. The Hall–Kier alpha value is -1.49. The van der Waals surface area contributed by atoms with Crippen LogP contribution >= 0.6 is 0 Å². The van der Waals surface area contributed by atoms with Crippen LogP contribution in [0.2, 0.25) is 0 Å². The highest BCUT2D eigenvalue weighted by Crippen LogP contribution is 2.24. The summed E-state index contributed by atoms with van der Waals surface area (Å²) in [4.78, 5) is 0. The van der Waals surface area contributed by atoms with E-state index in [-0.39, 0.29) is 5.41 Å². The summed E-state index contributed by atoms with van der Waals surface area (Å²) in [5, 5.41) is 8.98. The molecule has 1 unspecified atom stereocenters. The monoisotopic (exact) mass is 203 g/mol. The minimum Gasteiger partial charge on any atom is -0.494 e. The maximum atomic E-state index is 8.98. The van der Waals surface area contributed by atoms with Gasteiger partial charge in [-0.15, -0.1) is 0 Å². The molecule has 2 nitrogen and oxygen atoms in total. The second kappa shape index (κ2) is 5.41. The lowest BCUT2D eigenvalue weighted by Gasteiger charge is -2.19. The van der Waals surface area contributed by atoms with Crippen molar-refractivity contribution in [1.29, 1.82) is 5.26 Å². The van der Waals surface area contributed by atoms with Gasteiger partial charge in [0.05, 0.1) is 18.1 Å². The smallest absolute Gasteiger partial charge is 0.119 e. The summed E-state index contributed by atoms with van der Waals surface area (Å²) in [5.74, 6) is 0.869. The number of nitriles is 1. The molecule has 0 fully saturated rings. The van der Waals surface area contributed by atoms with Crippen LogP contribution in [0.4, 0.5) is 0 Å². The lowest BCUT2D eigenvalue weighted by molar-refractivity contribution is 0.249. The van der Waals surface area contributed by atoms with Crippen molar-refractivity contribution in [2.24, 2.45) is 5.41 Å². The molecular weight excluding hydrogens is 186 g/mol. The van der Waals surface area contributed by atoms with Crippen LogP contribution in [0.5, 0.6) is 5.75 Å². The number of para-hydroxylation sites is 1. The Kier molecular flexibility index (Phi) is 4.17. The topological polar surface area (TPSA) is 33.0 Å². The first kappa shape index (κ1) is 11.6. The van der Waals surface area contributed by atoms with E-state index in [0.29, 0.717) is 6.61 Å². The molecule has 1 aromatic carbocycles. The van der Waals surface area contributed by atoms with Crippen molar-refractivity contribution in [3.05, 3.63) is 30.3 Å². The molecule has 0 aliphatic rings. The Balaban J connectivity index is 2.37. The largest absolute Gasteiger partial charge is 0.494 e. The standard InChI is InChI=1S/C13H17NO/c1-3-13(2,11-14)9-10-15-12-7-5-4-6-8-12/h4-8H,3,9-10H2,1-2H3. The van der Waals surface area contributed by atoms with Crippen molar-refractivity contribution in [3.8, 4) is 11.8 Å². The third-order valence-corrected chi connectivity index (χ3v) is 2.72. The van der Waals surface area contributed by atoms with Crippen LogP contribution in [0.3, 0.4) is 0 Å². The summed E-state index contributed by atoms with van der Waals surface area (Å²) < 4.78 is 5.55. The first-order chi connectivity index (χ1) is 7.20. The van der Waals surface area contributed by atoms with Crippen molar-refractivity contribution < 1.29 is 4.74 Å². The molecule has 1 aromatic rings. The fourth-order valence-electron chi connectivity index (χ4n) is 1.22. The Morgan fingerprint density at radius 3 is 2.53 bits per heavy atom. The number of hydrogen-bond donors (Lipinski definition) is 0. The van der Waals surface area contributed by atoms with Crippen molar-refractivity contribution in [2.45, 2.75) is 26.7 Å². The summed E-state index contributed by atoms with van der Waals surface area (Å²) in [7, 11) is 0. The molecule has 0 saturated carbocycles. The minimum atomic E-state index is -0.255. The molecule has 0 aromatic heterocycles. The van der Waals surface area contributed by atoms with Crippen LogP contribution < -0.4 is 4.74 Å². The summed E-state index contributed by atoms with van der Waals surface area (Å²) in [6.07, 6.45) is 1.64. The highest BCUT2D eigenvalue weighted by molar-refractivity contribution is 5.20. The SMILES string of the molecule is CCC(C)(C#N)CCOc1ccccc1. The maximum absolute atomic E-state index is 8.98. The third kappa shape index (κ3) is 3.63. The molecule has 0 aliphatic heterocycles. The predicted molar refractivity (Wildman–Crippen MR) is 60.6 cm³/mol. The van der Waals surface area contributed by atoms with E-state index in [1.165, 1.54) is 0 Å². The van der Waals surface area contributed by atoms with Gasteiger partial charge >= 0.3 is 0 Å². The third-order valence-electron chi connectivity index (χ3n) is 2.72. The Morgan fingerprint density at radius 2 is 2.00 bits per heavy atom. The molecule has 0 spiro atoms. The Labute approximate surface area is 91.5 Å². The summed E-state index contributed by atoms with van der Waals surface area (Å²) >= 11 is 0. The van der Waals surface area contributed by atoms with Crippen LogP contribution in [0, 0.1) is 16.7 Å². The highest BCUT2D eigenvalue weighted by Gasteiger charge is 2.20. The second-order valence-corrected chi connectivity index (χ2v) is 3.94. The van der Waals surface area contributed by atoms with Gasteiger partial charge in [0.25, 0.3) is 0 Å². The maximum Gasteiger partial charge on any atom is 0.119 e. The van der Waals surface area contributed by atoms with Crippen molar-refractivity contribution in [2.75, 3.05) is 6.61 Å². The molecule has 0 aliphatic carbocycles. The highest BCUT2D eigenvalue weighted by atomic mass is 16.5. The van der Waals surface area contributed by atoms with Crippen molar-refractivity contribution in [3.63, 3.8) is 0 Å². The molecule has 0 radical (unpaired) electrons. The van der Waals surface area contributed by atoms with Gasteiger partial charge in [-0.05, 0) is 31.9 Å². The normalized spacial score (nSPS) is 13.9. The van der Waals surface area contributed by atoms with Gasteiger partial charge in [0.1, 0.15) is 5.75 Å². The number of benzene rings is 1. The van der Waals surface area contributed by atoms with Crippen molar-refractivity contribution in [1.82, 2.24) is 0 Å². The van der Waals surface area contributed by atoms with Crippen molar-refractivity contribution >= 4 is 0 Å². The molecule has 0 saturated heterocycles. The van der Waals surface area contributed by atoms with Crippen LogP contribution in [0.25, 0.3) is 0 Å². The van der Waals surface area contributed by atoms with Gasteiger partial charge in [0.2, 0.25) is 0 Å². The molecule has 1 rings (SSSR count). The molecule has 80 valence electrons. The second-order valence-electron chi connectivity index (χ2n) is 3.94. The molecule has 0 amide bonds. The summed E-state index contributed by atoms with van der Waals surface area (Å²) in [6.45, 7) is 4.61. The number of nitrogens with zero attached hydrogens (tertiary/aromatic N) is 1. The molecule has 0 heterocycles. The summed E-state index contributed by atoms with van der Waals surface area (Å²) in [6, 6.07) is 12.0. The molecular formula is C13H17NO. The molecule has 2 heteroatoms. The Morgan fingerprint density at radius 1 is 1.33 bits per heavy atom. The number of rotatable bonds is 5. The van der Waals surface area contributed by atoms with E-state index in [0.717, 1.165) is 18.6 Å². The lowest BCUT2D eigenvalue weighted by Crippen LogP contribution is -2.16. The van der Waals surface area contributed by atoms with Gasteiger partial charge < -0.3 is 4.74 Å². The van der Waals surface area contributed by atoms with E-state index in [1.807, 2.05) is 44.2 Å². The molecule has 1 atom stereocenters. The lowest BCUT2D eigenvalue weighted by atomic mass is 9.86. The van der Waals surface area contributed by atoms with E-state index in [2.05, 4.69) is 6.07 Å². The van der Waals surface area contributed by atoms with E-state index in [1.54, 1.807) is 0 Å². The van der Waals surface area contributed by atoms with Gasteiger partial charge in [-0.3, -0.25) is 0 Å². The number of hydrogen-bond acceptors (Lipinski definition) is 2. The molecule has 0 bridgehead atoms. The van der Waals surface area contributed by atoms with Crippen LogP contribution in [-0.2, 0) is 0 Å². The average molecular weight is 203 g/mol. The van der Waals surface area contributed by atoms with E-state index < -0.39 is 0 Å². The fraction of sp³-hybridized carbons (Fsp3) is 0.462. The summed E-state index contributed by atoms with van der Waals surface area (Å²) in [5.41, 5.74) is -0.255. The van der Waals surface area contributed by atoms with Gasteiger partial charge in [0, 0.05) is 0 Å². The van der Waals surface area contributed by atoms with Crippen LogP contribution in [-0.4, -0.2) is 6.61 Å². The van der Waals surface area contributed by atoms with Gasteiger partial charge in [-0.25, -0.2) is 0 Å². The molecule has 0 N–H and O–H groups in total. The predicted octanol–water partition coefficient (Wildman–Crippen LogP) is 3.40. The van der Waals surface area contributed by atoms with Crippen LogP contribution in [0.15, 0.2) is 30.3 Å². The molecule has 15 heavy (non-hydrogen) atoms. The first-order valence-corrected chi connectivity index (χ1v) is 5.29. The first-order valence-electron chi connectivity index (χ1n) is 5.29. The van der Waals surface area contributed by atoms with E-state index in [4.69, 9.17) is 10.00 Å². The number of ether oxygens (including phenoxy) is 1. The van der Waals surface area contributed by atoms with E-state index >= 15 is 0 Å². The fourth-order valence-corrected chi connectivity index (χ4v) is 1.22. The average Bonchev–Trinajstić information content (AvgIpc) is 2.30. The zero-order valence-corrected chi connectivity index (χ0v) is 9.36. The van der Waals surface area contributed by atoms with Gasteiger partial charge in [-0.1, -0.05) is 25.1 Å². The quantitative estimate of drug-likeness (QED) is 0.734. The zero-order valence-electron chi connectivity index (χ0n) is 9.36. The van der Waals surface area contributed by atoms with E-state index in [9.17, 15) is 0 Å². The van der Waals surface area contributed by atoms with Gasteiger partial charge in [-0.2, -0.15) is 5.26 Å². The van der Waals surface area contributed by atoms with Gasteiger partial charge in [0.15, 0.2) is 0 Å². The van der Waals surface area contributed by atoms with Crippen LogP contribution in [0.1, 0.15) is 26.7 Å². The zero-order chi connectivity index (χ0) is 11.1.